The average molecular weight is 313 g/mol. The van der Waals surface area contributed by atoms with E-state index < -0.39 is 10.0 Å². The molecule has 0 aliphatic carbocycles. The first kappa shape index (κ1) is 18.1. The molecule has 0 aliphatic heterocycles. The Morgan fingerprint density at radius 2 is 1.76 bits per heavy atom. The average Bonchev–Trinajstić information content (AvgIpc) is 2.38. The van der Waals surface area contributed by atoms with Gasteiger partial charge in [0.05, 0.1) is 5.75 Å². The molecule has 0 fully saturated rings. The van der Waals surface area contributed by atoms with E-state index in [-0.39, 0.29) is 11.8 Å². The van der Waals surface area contributed by atoms with Crippen LogP contribution in [-0.4, -0.2) is 50.8 Å². The summed E-state index contributed by atoms with van der Waals surface area (Å²) in [5.74, 6) is 0.00593. The van der Waals surface area contributed by atoms with Crippen molar-refractivity contribution < 1.29 is 8.42 Å². The zero-order valence-electron chi connectivity index (χ0n) is 13.4. The Bertz CT molecular complexity index is 544. The second-order valence-corrected chi connectivity index (χ2v) is 7.47. The van der Waals surface area contributed by atoms with Gasteiger partial charge in [-0.05, 0) is 32.1 Å². The monoisotopic (exact) mass is 313 g/mol. The fraction of sp³-hybridized carbons (Fsp3) is 0.600. The van der Waals surface area contributed by atoms with Gasteiger partial charge in [-0.3, -0.25) is 0 Å². The van der Waals surface area contributed by atoms with Crippen molar-refractivity contribution in [2.45, 2.75) is 32.2 Å². The summed E-state index contributed by atoms with van der Waals surface area (Å²) in [6.07, 6.45) is 0. The molecule has 0 saturated carbocycles. The lowest BCUT2D eigenvalue weighted by atomic mass is 10.1. The van der Waals surface area contributed by atoms with Gasteiger partial charge >= 0.3 is 0 Å². The fourth-order valence-electron chi connectivity index (χ4n) is 2.58. The number of benzene rings is 1. The van der Waals surface area contributed by atoms with E-state index >= 15 is 0 Å². The number of rotatable bonds is 8. The lowest BCUT2D eigenvalue weighted by Gasteiger charge is -2.29. The lowest BCUT2D eigenvalue weighted by molar-refractivity contribution is 0.271. The minimum Gasteiger partial charge on any atom is -0.326 e. The Morgan fingerprint density at radius 1 is 1.19 bits per heavy atom. The van der Waals surface area contributed by atoms with Crippen LogP contribution in [0.25, 0.3) is 0 Å². The van der Waals surface area contributed by atoms with Gasteiger partial charge in [0, 0.05) is 25.7 Å². The van der Waals surface area contributed by atoms with Crippen LogP contribution in [0.1, 0.15) is 25.0 Å². The Kier molecular flexibility index (Phi) is 6.80. The Labute approximate surface area is 128 Å². The molecule has 2 N–H and O–H groups in total. The van der Waals surface area contributed by atoms with Gasteiger partial charge in [-0.2, -0.15) is 4.31 Å². The van der Waals surface area contributed by atoms with E-state index in [1.165, 1.54) is 0 Å². The zero-order valence-corrected chi connectivity index (χ0v) is 14.2. The molecular weight excluding hydrogens is 286 g/mol. The summed E-state index contributed by atoms with van der Waals surface area (Å²) < 4.78 is 26.9. The lowest BCUT2D eigenvalue weighted by Crippen LogP contribution is -2.44. The van der Waals surface area contributed by atoms with Gasteiger partial charge in [0.15, 0.2) is 0 Å². The second-order valence-electron chi connectivity index (χ2n) is 5.54. The molecule has 0 aliphatic rings. The molecule has 1 atom stereocenters. The molecule has 0 radical (unpaired) electrons. The Morgan fingerprint density at radius 3 is 2.24 bits per heavy atom. The SMILES string of the molecule is CCN(C(C)CN(C)C)S(=O)(=O)Cc1ccccc1CN. The maximum atomic E-state index is 12.7. The highest BCUT2D eigenvalue weighted by Gasteiger charge is 2.26. The molecule has 21 heavy (non-hydrogen) atoms. The predicted molar refractivity (Wildman–Crippen MR) is 87.4 cm³/mol. The summed E-state index contributed by atoms with van der Waals surface area (Å²) in [4.78, 5) is 2.00. The number of hydrogen-bond donors (Lipinski definition) is 1. The van der Waals surface area contributed by atoms with Gasteiger partial charge in [-0.1, -0.05) is 31.2 Å². The van der Waals surface area contributed by atoms with E-state index in [4.69, 9.17) is 5.73 Å². The first-order valence-electron chi connectivity index (χ1n) is 7.23. The molecule has 1 aromatic carbocycles. The quantitative estimate of drug-likeness (QED) is 0.784. The summed E-state index contributed by atoms with van der Waals surface area (Å²) in [6.45, 7) is 5.34. The van der Waals surface area contributed by atoms with E-state index in [2.05, 4.69) is 0 Å². The van der Waals surface area contributed by atoms with Crippen molar-refractivity contribution >= 4 is 10.0 Å². The number of nitrogens with zero attached hydrogens (tertiary/aromatic N) is 2. The van der Waals surface area contributed by atoms with E-state index in [0.29, 0.717) is 19.6 Å². The molecular formula is C15H27N3O2S. The van der Waals surface area contributed by atoms with E-state index in [0.717, 1.165) is 11.1 Å². The molecule has 0 heterocycles. The van der Waals surface area contributed by atoms with Crippen LogP contribution in [0.3, 0.4) is 0 Å². The smallest absolute Gasteiger partial charge is 0.218 e. The van der Waals surface area contributed by atoms with Crippen LogP contribution in [0.5, 0.6) is 0 Å². The van der Waals surface area contributed by atoms with Crippen molar-refractivity contribution in [2.75, 3.05) is 27.2 Å². The largest absolute Gasteiger partial charge is 0.326 e. The molecule has 0 aromatic heterocycles. The highest BCUT2D eigenvalue weighted by molar-refractivity contribution is 7.88. The van der Waals surface area contributed by atoms with Gasteiger partial charge in [0.2, 0.25) is 10.0 Å². The van der Waals surface area contributed by atoms with Crippen molar-refractivity contribution in [1.29, 1.82) is 0 Å². The van der Waals surface area contributed by atoms with Crippen LogP contribution in [0, 0.1) is 0 Å². The highest BCUT2D eigenvalue weighted by atomic mass is 32.2. The van der Waals surface area contributed by atoms with Crippen molar-refractivity contribution in [3.63, 3.8) is 0 Å². The van der Waals surface area contributed by atoms with E-state index in [9.17, 15) is 8.42 Å². The van der Waals surface area contributed by atoms with Gasteiger partial charge in [-0.25, -0.2) is 8.42 Å². The normalized spacial score (nSPS) is 13.9. The van der Waals surface area contributed by atoms with Crippen molar-refractivity contribution in [2.24, 2.45) is 5.73 Å². The maximum Gasteiger partial charge on any atom is 0.218 e. The standard InChI is InChI=1S/C15H27N3O2S/c1-5-18(13(2)11-17(3)4)21(19,20)12-15-9-7-6-8-14(15)10-16/h6-9,13H,5,10-12,16H2,1-4H3. The minimum absolute atomic E-state index is 0.00593. The minimum atomic E-state index is -3.35. The number of hydrogen-bond acceptors (Lipinski definition) is 4. The number of likely N-dealkylation sites (N-methyl/N-ethyl adjacent to an activating group) is 2. The van der Waals surface area contributed by atoms with Crippen LogP contribution in [-0.2, 0) is 22.3 Å². The molecule has 6 heteroatoms. The number of nitrogens with two attached hydrogens (primary N) is 1. The maximum absolute atomic E-state index is 12.7. The molecule has 5 nitrogen and oxygen atoms in total. The van der Waals surface area contributed by atoms with Crippen LogP contribution < -0.4 is 5.73 Å². The Hall–Kier alpha value is -0.950. The van der Waals surface area contributed by atoms with Gasteiger partial charge in [-0.15, -0.1) is 0 Å². The van der Waals surface area contributed by atoms with Crippen LogP contribution >= 0.6 is 0 Å². The van der Waals surface area contributed by atoms with Crippen LogP contribution in [0.15, 0.2) is 24.3 Å². The van der Waals surface area contributed by atoms with Crippen molar-refractivity contribution in [1.82, 2.24) is 9.21 Å². The third-order valence-electron chi connectivity index (χ3n) is 3.47. The second kappa shape index (κ2) is 7.89. The zero-order chi connectivity index (χ0) is 16.0. The first-order valence-corrected chi connectivity index (χ1v) is 8.83. The van der Waals surface area contributed by atoms with Crippen molar-refractivity contribution in [3.8, 4) is 0 Å². The van der Waals surface area contributed by atoms with Crippen molar-refractivity contribution in [3.05, 3.63) is 35.4 Å². The molecule has 0 bridgehead atoms. The molecule has 0 saturated heterocycles. The molecule has 0 spiro atoms. The summed E-state index contributed by atoms with van der Waals surface area (Å²) in [5.41, 5.74) is 7.36. The summed E-state index contributed by atoms with van der Waals surface area (Å²) >= 11 is 0. The third-order valence-corrected chi connectivity index (χ3v) is 5.47. The summed E-state index contributed by atoms with van der Waals surface area (Å²) in [6, 6.07) is 7.39. The topological polar surface area (TPSA) is 66.6 Å². The van der Waals surface area contributed by atoms with Gasteiger partial charge in [0.1, 0.15) is 0 Å². The molecule has 1 unspecified atom stereocenters. The number of sulfonamides is 1. The van der Waals surface area contributed by atoms with E-state index in [1.807, 2.05) is 57.1 Å². The molecule has 120 valence electrons. The fourth-order valence-corrected chi connectivity index (χ4v) is 4.43. The van der Waals surface area contributed by atoms with E-state index in [1.54, 1.807) is 4.31 Å². The van der Waals surface area contributed by atoms with Crippen LogP contribution in [0.4, 0.5) is 0 Å². The highest BCUT2D eigenvalue weighted by Crippen LogP contribution is 2.17. The summed E-state index contributed by atoms with van der Waals surface area (Å²) in [5, 5.41) is 0. The predicted octanol–water partition coefficient (Wildman–Crippen LogP) is 1.25. The van der Waals surface area contributed by atoms with Gasteiger partial charge in [0.25, 0.3) is 0 Å². The van der Waals surface area contributed by atoms with Gasteiger partial charge < -0.3 is 10.6 Å². The van der Waals surface area contributed by atoms with Crippen LogP contribution in [0.2, 0.25) is 0 Å². The molecule has 1 aromatic rings. The molecule has 1 rings (SSSR count). The molecule has 0 amide bonds. The Balaban J connectivity index is 2.97. The summed E-state index contributed by atoms with van der Waals surface area (Å²) in [7, 11) is 0.538. The third kappa shape index (κ3) is 5.07. The first-order chi connectivity index (χ1) is 9.81.